The zero-order valence-corrected chi connectivity index (χ0v) is 14.8. The minimum Gasteiger partial charge on any atom is -0.354 e. The number of carbonyl (C=O) groups excluding carboxylic acids is 1. The molecule has 1 saturated heterocycles. The van der Waals surface area contributed by atoms with E-state index in [0.29, 0.717) is 24.7 Å². The first-order valence-corrected chi connectivity index (χ1v) is 8.68. The van der Waals surface area contributed by atoms with Crippen LogP contribution in [-0.2, 0) is 11.2 Å². The van der Waals surface area contributed by atoms with Gasteiger partial charge in [-0.05, 0) is 19.5 Å². The summed E-state index contributed by atoms with van der Waals surface area (Å²) in [4.78, 5) is 21.6. The van der Waals surface area contributed by atoms with Crippen LogP contribution in [0.5, 0.6) is 0 Å². The summed E-state index contributed by atoms with van der Waals surface area (Å²) in [5, 5.41) is 6.79. The Kier molecular flexibility index (Phi) is 5.78. The van der Waals surface area contributed by atoms with E-state index in [4.69, 9.17) is 4.52 Å². The molecule has 2 aromatic rings. The van der Waals surface area contributed by atoms with Gasteiger partial charge < -0.3 is 14.7 Å². The number of amides is 1. The minimum absolute atomic E-state index is 0.0204. The highest BCUT2D eigenvalue weighted by atomic mass is 16.5. The van der Waals surface area contributed by atoms with Crippen LogP contribution in [0.2, 0.25) is 0 Å². The molecular formula is C18H25N5O2. The maximum absolute atomic E-state index is 12.9. The molecule has 0 unspecified atom stereocenters. The quantitative estimate of drug-likeness (QED) is 0.844. The fourth-order valence-corrected chi connectivity index (χ4v) is 3.07. The Bertz CT molecular complexity index is 680. The molecular weight excluding hydrogens is 318 g/mol. The maximum Gasteiger partial charge on any atom is 0.241 e. The summed E-state index contributed by atoms with van der Waals surface area (Å²) < 4.78 is 5.09. The summed E-state index contributed by atoms with van der Waals surface area (Å²) in [7, 11) is 2.11. The lowest BCUT2D eigenvalue weighted by molar-refractivity contribution is -0.127. The van der Waals surface area contributed by atoms with Crippen molar-refractivity contribution in [3.8, 4) is 0 Å². The first-order chi connectivity index (χ1) is 12.1. The van der Waals surface area contributed by atoms with Crippen molar-refractivity contribution < 1.29 is 9.32 Å². The van der Waals surface area contributed by atoms with Gasteiger partial charge in [0.05, 0.1) is 0 Å². The molecule has 1 atom stereocenters. The Balaban J connectivity index is 1.64. The number of hydrogen-bond donors (Lipinski definition) is 1. The fourth-order valence-electron chi connectivity index (χ4n) is 3.07. The van der Waals surface area contributed by atoms with Gasteiger partial charge in [0.1, 0.15) is 6.04 Å². The molecule has 7 heteroatoms. The molecule has 25 heavy (non-hydrogen) atoms. The van der Waals surface area contributed by atoms with Crippen LogP contribution in [0.1, 0.15) is 23.3 Å². The zero-order valence-electron chi connectivity index (χ0n) is 14.8. The molecule has 1 aromatic heterocycles. The lowest BCUT2D eigenvalue weighted by atomic mass is 10.0. The Morgan fingerprint density at radius 3 is 2.60 bits per heavy atom. The number of aromatic nitrogens is 2. The lowest BCUT2D eigenvalue weighted by Crippen LogP contribution is -2.50. The van der Waals surface area contributed by atoms with Crippen molar-refractivity contribution in [1.29, 1.82) is 0 Å². The van der Waals surface area contributed by atoms with E-state index in [1.54, 1.807) is 6.92 Å². The topological polar surface area (TPSA) is 74.5 Å². The van der Waals surface area contributed by atoms with E-state index < -0.39 is 0 Å². The smallest absolute Gasteiger partial charge is 0.241 e. The van der Waals surface area contributed by atoms with Crippen molar-refractivity contribution in [2.24, 2.45) is 0 Å². The van der Waals surface area contributed by atoms with E-state index in [9.17, 15) is 4.79 Å². The Morgan fingerprint density at radius 2 is 1.96 bits per heavy atom. The van der Waals surface area contributed by atoms with Crippen molar-refractivity contribution in [3.63, 3.8) is 0 Å². The molecule has 1 aromatic carbocycles. The number of aryl methyl sites for hydroxylation is 1. The highest BCUT2D eigenvalue weighted by molar-refractivity contribution is 5.83. The van der Waals surface area contributed by atoms with Crippen molar-refractivity contribution in [2.75, 3.05) is 39.8 Å². The average molecular weight is 343 g/mol. The second-order valence-corrected chi connectivity index (χ2v) is 6.43. The van der Waals surface area contributed by atoms with Gasteiger partial charge in [0.2, 0.25) is 11.8 Å². The van der Waals surface area contributed by atoms with Crippen LogP contribution in [0.15, 0.2) is 34.9 Å². The summed E-state index contributed by atoms with van der Waals surface area (Å²) in [5.74, 6) is 1.18. The van der Waals surface area contributed by atoms with Gasteiger partial charge in [0.15, 0.2) is 5.82 Å². The van der Waals surface area contributed by atoms with Gasteiger partial charge >= 0.3 is 0 Å². The summed E-state index contributed by atoms with van der Waals surface area (Å²) in [5.41, 5.74) is 1.03. The number of hydrogen-bond acceptors (Lipinski definition) is 6. The van der Waals surface area contributed by atoms with Gasteiger partial charge in [-0.25, -0.2) is 0 Å². The van der Waals surface area contributed by atoms with Crippen molar-refractivity contribution >= 4 is 5.91 Å². The third-order valence-electron chi connectivity index (χ3n) is 4.47. The number of rotatable bonds is 6. The molecule has 0 aliphatic carbocycles. The molecule has 7 nitrogen and oxygen atoms in total. The van der Waals surface area contributed by atoms with Crippen LogP contribution in [0, 0.1) is 6.92 Å². The molecule has 2 heterocycles. The number of carbonyl (C=O) groups is 1. The number of nitrogens with zero attached hydrogens (tertiary/aromatic N) is 4. The second kappa shape index (κ2) is 8.22. The molecule has 0 spiro atoms. The number of nitrogens with one attached hydrogen (secondary N) is 1. The predicted molar refractivity (Wildman–Crippen MR) is 94.0 cm³/mol. The first kappa shape index (κ1) is 17.6. The summed E-state index contributed by atoms with van der Waals surface area (Å²) in [6.45, 7) is 5.97. The third kappa shape index (κ3) is 4.64. The van der Waals surface area contributed by atoms with E-state index in [-0.39, 0.29) is 11.9 Å². The molecule has 3 rings (SSSR count). The molecule has 0 radical (unpaired) electrons. The van der Waals surface area contributed by atoms with Crippen LogP contribution >= 0.6 is 0 Å². The van der Waals surface area contributed by atoms with Gasteiger partial charge in [-0.1, -0.05) is 35.5 Å². The highest BCUT2D eigenvalue weighted by Gasteiger charge is 2.29. The minimum atomic E-state index is -0.265. The molecule has 0 saturated carbocycles. The van der Waals surface area contributed by atoms with Crippen molar-refractivity contribution in [2.45, 2.75) is 19.4 Å². The molecule has 1 N–H and O–H groups in total. The van der Waals surface area contributed by atoms with E-state index in [1.165, 1.54) is 0 Å². The van der Waals surface area contributed by atoms with Gasteiger partial charge in [0, 0.05) is 39.1 Å². The predicted octanol–water partition coefficient (Wildman–Crippen LogP) is 1.03. The molecule has 0 bridgehead atoms. The van der Waals surface area contributed by atoms with E-state index >= 15 is 0 Å². The van der Waals surface area contributed by atoms with Gasteiger partial charge in [-0.15, -0.1) is 0 Å². The van der Waals surface area contributed by atoms with E-state index in [0.717, 1.165) is 31.7 Å². The van der Waals surface area contributed by atoms with Crippen LogP contribution in [0.25, 0.3) is 0 Å². The number of piperazine rings is 1. The first-order valence-electron chi connectivity index (χ1n) is 8.68. The standard InChI is InChI=1S/C18H25N5O2/c1-14-20-16(25-21-14)8-9-19-18(24)17(15-6-4-3-5-7-15)23-12-10-22(2)11-13-23/h3-7,17H,8-13H2,1-2H3,(H,19,24)/t17-/m1/s1. The molecule has 1 fully saturated rings. The van der Waals surface area contributed by atoms with Gasteiger partial charge in [-0.2, -0.15) is 4.98 Å². The fraction of sp³-hybridized carbons (Fsp3) is 0.500. The number of likely N-dealkylation sites (N-methyl/N-ethyl adjacent to an activating group) is 1. The van der Waals surface area contributed by atoms with E-state index in [1.807, 2.05) is 30.3 Å². The highest BCUT2D eigenvalue weighted by Crippen LogP contribution is 2.22. The lowest BCUT2D eigenvalue weighted by Gasteiger charge is -2.37. The van der Waals surface area contributed by atoms with Crippen LogP contribution < -0.4 is 5.32 Å². The molecule has 1 aliphatic heterocycles. The molecule has 1 amide bonds. The van der Waals surface area contributed by atoms with Crippen LogP contribution in [-0.4, -0.2) is 65.6 Å². The summed E-state index contributed by atoms with van der Waals surface area (Å²) in [6.07, 6.45) is 0.539. The second-order valence-electron chi connectivity index (χ2n) is 6.43. The SMILES string of the molecule is Cc1noc(CCNC(=O)[C@@H](c2ccccc2)N2CCN(C)CC2)n1. The van der Waals surface area contributed by atoms with Crippen molar-refractivity contribution in [1.82, 2.24) is 25.3 Å². The Labute approximate surface area is 148 Å². The van der Waals surface area contributed by atoms with E-state index in [2.05, 4.69) is 32.3 Å². The maximum atomic E-state index is 12.9. The monoisotopic (exact) mass is 343 g/mol. The Morgan fingerprint density at radius 1 is 1.24 bits per heavy atom. The summed E-state index contributed by atoms with van der Waals surface area (Å²) in [6, 6.07) is 9.70. The number of benzene rings is 1. The van der Waals surface area contributed by atoms with Crippen LogP contribution in [0.4, 0.5) is 0 Å². The van der Waals surface area contributed by atoms with Gasteiger partial charge in [-0.3, -0.25) is 9.69 Å². The largest absolute Gasteiger partial charge is 0.354 e. The van der Waals surface area contributed by atoms with Crippen LogP contribution in [0.3, 0.4) is 0 Å². The normalized spacial score (nSPS) is 17.4. The Hall–Kier alpha value is -2.25. The molecule has 134 valence electrons. The van der Waals surface area contributed by atoms with Crippen molar-refractivity contribution in [3.05, 3.63) is 47.6 Å². The summed E-state index contributed by atoms with van der Waals surface area (Å²) >= 11 is 0. The van der Waals surface area contributed by atoms with Gasteiger partial charge in [0.25, 0.3) is 0 Å². The zero-order chi connectivity index (χ0) is 17.6. The molecule has 1 aliphatic rings. The average Bonchev–Trinajstić information content (AvgIpc) is 3.03. The third-order valence-corrected chi connectivity index (χ3v) is 4.47.